The van der Waals surface area contributed by atoms with E-state index in [-0.39, 0.29) is 18.4 Å². The van der Waals surface area contributed by atoms with Crippen LogP contribution in [-0.4, -0.2) is 37.2 Å². The van der Waals surface area contributed by atoms with Crippen molar-refractivity contribution < 1.29 is 14.6 Å². The molecule has 1 unspecified atom stereocenters. The Morgan fingerprint density at radius 2 is 2.06 bits per heavy atom. The summed E-state index contributed by atoms with van der Waals surface area (Å²) in [5.74, 6) is 0.785. The van der Waals surface area contributed by atoms with Gasteiger partial charge in [0.2, 0.25) is 0 Å². The molecule has 1 atom stereocenters. The van der Waals surface area contributed by atoms with E-state index in [0.29, 0.717) is 18.5 Å². The van der Waals surface area contributed by atoms with E-state index >= 15 is 0 Å². The SMILES string of the molecule is COc1ccc(C(=O)C(C)NCCCO)cc1. The van der Waals surface area contributed by atoms with Crippen molar-refractivity contribution in [3.05, 3.63) is 29.8 Å². The summed E-state index contributed by atoms with van der Waals surface area (Å²) in [6.07, 6.45) is 0.653. The van der Waals surface area contributed by atoms with Crippen molar-refractivity contribution in [2.45, 2.75) is 19.4 Å². The predicted molar refractivity (Wildman–Crippen MR) is 66.5 cm³/mol. The molecule has 0 saturated carbocycles. The number of ether oxygens (including phenoxy) is 1. The molecule has 0 bridgehead atoms. The average molecular weight is 237 g/mol. The maximum Gasteiger partial charge on any atom is 0.179 e. The zero-order valence-electron chi connectivity index (χ0n) is 10.3. The first-order chi connectivity index (χ1) is 8.19. The number of Topliss-reactive ketones (excluding diaryl/α,β-unsaturated/α-hetero) is 1. The maximum atomic E-state index is 12.0. The van der Waals surface area contributed by atoms with Crippen LogP contribution in [0.4, 0.5) is 0 Å². The van der Waals surface area contributed by atoms with Gasteiger partial charge in [-0.1, -0.05) is 0 Å². The lowest BCUT2D eigenvalue weighted by Gasteiger charge is -2.12. The number of hydrogen-bond donors (Lipinski definition) is 2. The van der Waals surface area contributed by atoms with E-state index in [1.807, 2.05) is 6.92 Å². The van der Waals surface area contributed by atoms with Crippen molar-refractivity contribution in [2.75, 3.05) is 20.3 Å². The van der Waals surface area contributed by atoms with Crippen LogP contribution in [0.3, 0.4) is 0 Å². The first-order valence-corrected chi connectivity index (χ1v) is 5.71. The third kappa shape index (κ3) is 4.17. The number of aliphatic hydroxyl groups excluding tert-OH is 1. The number of aliphatic hydroxyl groups is 1. The second-order valence-electron chi connectivity index (χ2n) is 3.85. The van der Waals surface area contributed by atoms with E-state index in [2.05, 4.69) is 5.32 Å². The molecule has 1 rings (SSSR count). The molecule has 0 amide bonds. The van der Waals surface area contributed by atoms with Crippen LogP contribution in [0.15, 0.2) is 24.3 Å². The van der Waals surface area contributed by atoms with Gasteiger partial charge in [-0.3, -0.25) is 4.79 Å². The van der Waals surface area contributed by atoms with E-state index < -0.39 is 0 Å². The van der Waals surface area contributed by atoms with Crippen molar-refractivity contribution >= 4 is 5.78 Å². The molecule has 0 aliphatic heterocycles. The van der Waals surface area contributed by atoms with Crippen LogP contribution in [0, 0.1) is 0 Å². The van der Waals surface area contributed by atoms with Gasteiger partial charge in [0.05, 0.1) is 13.2 Å². The third-order valence-corrected chi connectivity index (χ3v) is 2.55. The highest BCUT2D eigenvalue weighted by Gasteiger charge is 2.13. The van der Waals surface area contributed by atoms with Gasteiger partial charge in [-0.25, -0.2) is 0 Å². The van der Waals surface area contributed by atoms with Crippen LogP contribution < -0.4 is 10.1 Å². The van der Waals surface area contributed by atoms with Crippen molar-refractivity contribution in [1.29, 1.82) is 0 Å². The highest BCUT2D eigenvalue weighted by molar-refractivity contribution is 5.99. The first kappa shape index (κ1) is 13.7. The van der Waals surface area contributed by atoms with Crippen LogP contribution >= 0.6 is 0 Å². The Morgan fingerprint density at radius 1 is 1.41 bits per heavy atom. The third-order valence-electron chi connectivity index (χ3n) is 2.55. The summed E-state index contributed by atoms with van der Waals surface area (Å²) in [4.78, 5) is 12.0. The topological polar surface area (TPSA) is 58.6 Å². The highest BCUT2D eigenvalue weighted by atomic mass is 16.5. The minimum Gasteiger partial charge on any atom is -0.497 e. The van der Waals surface area contributed by atoms with Crippen molar-refractivity contribution in [1.82, 2.24) is 5.32 Å². The van der Waals surface area contributed by atoms with Gasteiger partial charge in [0.25, 0.3) is 0 Å². The summed E-state index contributed by atoms with van der Waals surface area (Å²) in [5, 5.41) is 11.7. The molecule has 0 saturated heterocycles. The summed E-state index contributed by atoms with van der Waals surface area (Å²) < 4.78 is 5.03. The first-order valence-electron chi connectivity index (χ1n) is 5.71. The number of nitrogens with one attached hydrogen (secondary N) is 1. The van der Waals surface area contributed by atoms with Gasteiger partial charge in [-0.2, -0.15) is 0 Å². The number of ketones is 1. The fourth-order valence-electron chi connectivity index (χ4n) is 1.50. The summed E-state index contributed by atoms with van der Waals surface area (Å²) in [6.45, 7) is 2.60. The van der Waals surface area contributed by atoms with Crippen molar-refractivity contribution in [3.63, 3.8) is 0 Å². The van der Waals surface area contributed by atoms with E-state index in [1.54, 1.807) is 31.4 Å². The number of methoxy groups -OCH3 is 1. The Hall–Kier alpha value is -1.39. The lowest BCUT2D eigenvalue weighted by atomic mass is 10.1. The monoisotopic (exact) mass is 237 g/mol. The molecule has 0 aliphatic rings. The van der Waals surface area contributed by atoms with Gasteiger partial charge in [0, 0.05) is 12.2 Å². The Bertz CT molecular complexity index is 348. The van der Waals surface area contributed by atoms with Crippen LogP contribution in [0.2, 0.25) is 0 Å². The number of rotatable bonds is 7. The molecule has 0 aromatic heterocycles. The van der Waals surface area contributed by atoms with Gasteiger partial charge in [-0.15, -0.1) is 0 Å². The fourth-order valence-corrected chi connectivity index (χ4v) is 1.50. The molecule has 1 aromatic rings. The molecule has 2 N–H and O–H groups in total. The van der Waals surface area contributed by atoms with E-state index in [4.69, 9.17) is 9.84 Å². The van der Waals surface area contributed by atoms with Crippen LogP contribution in [0.25, 0.3) is 0 Å². The van der Waals surface area contributed by atoms with Crippen LogP contribution in [0.5, 0.6) is 5.75 Å². The normalized spacial score (nSPS) is 12.2. The second kappa shape index (κ2) is 7.04. The molecule has 0 spiro atoms. The van der Waals surface area contributed by atoms with Gasteiger partial charge in [0.15, 0.2) is 5.78 Å². The lowest BCUT2D eigenvalue weighted by Crippen LogP contribution is -2.34. The van der Waals surface area contributed by atoms with Gasteiger partial charge < -0.3 is 15.2 Å². The number of carbonyl (C=O) groups excluding carboxylic acids is 1. The Kier molecular flexibility index (Phi) is 5.66. The summed E-state index contributed by atoms with van der Waals surface area (Å²) in [7, 11) is 1.59. The number of carbonyl (C=O) groups is 1. The van der Waals surface area contributed by atoms with E-state index in [0.717, 1.165) is 5.75 Å². The second-order valence-corrected chi connectivity index (χ2v) is 3.85. The largest absolute Gasteiger partial charge is 0.497 e. The quantitative estimate of drug-likeness (QED) is 0.553. The molecule has 0 radical (unpaired) electrons. The molecule has 4 heteroatoms. The van der Waals surface area contributed by atoms with Crippen LogP contribution in [0.1, 0.15) is 23.7 Å². The van der Waals surface area contributed by atoms with Crippen molar-refractivity contribution in [3.8, 4) is 5.75 Å². The van der Waals surface area contributed by atoms with Gasteiger partial charge >= 0.3 is 0 Å². The molecular formula is C13H19NO3. The molecular weight excluding hydrogens is 218 g/mol. The molecule has 0 heterocycles. The lowest BCUT2D eigenvalue weighted by molar-refractivity contribution is 0.0950. The Morgan fingerprint density at radius 3 is 2.59 bits per heavy atom. The minimum absolute atomic E-state index is 0.0468. The molecule has 4 nitrogen and oxygen atoms in total. The van der Waals surface area contributed by atoms with Gasteiger partial charge in [-0.05, 0) is 44.2 Å². The summed E-state index contributed by atoms with van der Waals surface area (Å²) in [6, 6.07) is 6.81. The zero-order chi connectivity index (χ0) is 12.7. The predicted octanol–water partition coefficient (Wildman–Crippen LogP) is 1.24. The van der Waals surface area contributed by atoms with E-state index in [9.17, 15) is 4.79 Å². The Balaban J connectivity index is 2.55. The number of hydrogen-bond acceptors (Lipinski definition) is 4. The standard InChI is InChI=1S/C13H19NO3/c1-10(14-8-3-9-15)13(16)11-4-6-12(17-2)7-5-11/h4-7,10,14-15H,3,8-9H2,1-2H3. The van der Waals surface area contributed by atoms with E-state index in [1.165, 1.54) is 0 Å². The van der Waals surface area contributed by atoms with Crippen molar-refractivity contribution in [2.24, 2.45) is 0 Å². The highest BCUT2D eigenvalue weighted by Crippen LogP contribution is 2.12. The Labute approximate surface area is 102 Å². The minimum atomic E-state index is -0.241. The molecule has 17 heavy (non-hydrogen) atoms. The average Bonchev–Trinajstić information content (AvgIpc) is 2.38. The zero-order valence-corrected chi connectivity index (χ0v) is 10.3. The molecule has 94 valence electrons. The molecule has 0 fully saturated rings. The smallest absolute Gasteiger partial charge is 0.179 e. The summed E-state index contributed by atoms with van der Waals surface area (Å²) >= 11 is 0. The molecule has 1 aromatic carbocycles. The van der Waals surface area contributed by atoms with Crippen LogP contribution in [-0.2, 0) is 0 Å². The molecule has 0 aliphatic carbocycles. The maximum absolute atomic E-state index is 12.0. The number of benzene rings is 1. The van der Waals surface area contributed by atoms with Gasteiger partial charge in [0.1, 0.15) is 5.75 Å². The summed E-state index contributed by atoms with van der Waals surface area (Å²) in [5.41, 5.74) is 0.662. The fraction of sp³-hybridized carbons (Fsp3) is 0.462.